The molecule has 1 aromatic carbocycles. The predicted molar refractivity (Wildman–Crippen MR) is 96.3 cm³/mol. The normalized spacial score (nSPS) is 10.8. The first-order valence-electron chi connectivity index (χ1n) is 6.72. The highest BCUT2D eigenvalue weighted by molar-refractivity contribution is 9.10. The number of nitrogens with zero attached hydrogens (tertiary/aromatic N) is 3. The number of rotatable bonds is 3. The van der Waals surface area contributed by atoms with Crippen LogP contribution in [0.1, 0.15) is 16.1 Å². The molecule has 2 aromatic heterocycles. The Morgan fingerprint density at radius 1 is 1.50 bits per heavy atom. The van der Waals surface area contributed by atoms with Gasteiger partial charge in [0.2, 0.25) is 0 Å². The van der Waals surface area contributed by atoms with Gasteiger partial charge in [0.15, 0.2) is 15.7 Å². The van der Waals surface area contributed by atoms with Crippen LogP contribution in [0.2, 0.25) is 0 Å². The molecule has 2 heterocycles. The van der Waals surface area contributed by atoms with E-state index in [2.05, 4.69) is 36.4 Å². The number of hydrogen-bond donors (Lipinski definition) is 2. The van der Waals surface area contributed by atoms with Gasteiger partial charge >= 0.3 is 0 Å². The Morgan fingerprint density at radius 2 is 2.25 bits per heavy atom. The van der Waals surface area contributed by atoms with Gasteiger partial charge in [-0.1, -0.05) is 27.3 Å². The number of amides is 1. The fraction of sp³-hybridized carbons (Fsp3) is 0.143. The summed E-state index contributed by atoms with van der Waals surface area (Å²) in [4.78, 5) is 17.3. The van der Waals surface area contributed by atoms with Gasteiger partial charge in [-0.3, -0.25) is 15.2 Å². The molecule has 0 saturated carbocycles. The molecule has 0 aliphatic heterocycles. The van der Waals surface area contributed by atoms with Crippen LogP contribution >= 0.6 is 39.5 Å². The molecule has 0 radical (unpaired) electrons. The molecule has 24 heavy (non-hydrogen) atoms. The summed E-state index contributed by atoms with van der Waals surface area (Å²) in [5, 5.41) is 9.84. The molecule has 10 heteroatoms. The van der Waals surface area contributed by atoms with Crippen LogP contribution < -0.4 is 5.32 Å². The zero-order valence-electron chi connectivity index (χ0n) is 12.6. The highest BCUT2D eigenvalue weighted by atomic mass is 79.9. The van der Waals surface area contributed by atoms with Crippen molar-refractivity contribution in [2.24, 2.45) is 7.05 Å². The lowest BCUT2D eigenvalue weighted by atomic mass is 10.2. The minimum Gasteiger partial charge on any atom is -0.303 e. The zero-order valence-corrected chi connectivity index (χ0v) is 15.8. The fourth-order valence-corrected chi connectivity index (χ4v) is 3.52. The van der Waals surface area contributed by atoms with Crippen LogP contribution in [-0.2, 0) is 7.05 Å². The molecule has 0 aliphatic carbocycles. The Hall–Kier alpha value is -1.91. The number of benzene rings is 1. The predicted octanol–water partition coefficient (Wildman–Crippen LogP) is 4.06. The highest BCUT2D eigenvalue weighted by Crippen LogP contribution is 2.31. The van der Waals surface area contributed by atoms with Crippen molar-refractivity contribution in [3.63, 3.8) is 0 Å². The molecule has 0 atom stereocenters. The second-order valence-electron chi connectivity index (χ2n) is 4.92. The van der Waals surface area contributed by atoms with Crippen LogP contribution in [0.25, 0.3) is 10.7 Å². The third-order valence-electron chi connectivity index (χ3n) is 3.27. The van der Waals surface area contributed by atoms with E-state index in [-0.39, 0.29) is 5.56 Å². The topological polar surface area (TPSA) is 75.6 Å². The zero-order chi connectivity index (χ0) is 17.4. The van der Waals surface area contributed by atoms with Gasteiger partial charge in [0, 0.05) is 11.5 Å². The molecule has 0 spiro atoms. The quantitative estimate of drug-likeness (QED) is 0.617. The summed E-state index contributed by atoms with van der Waals surface area (Å²) in [6, 6.07) is 4.18. The average molecular weight is 428 g/mol. The third-order valence-corrected chi connectivity index (χ3v) is 5.20. The summed E-state index contributed by atoms with van der Waals surface area (Å²) in [5.41, 5.74) is 0.638. The number of carbonyl (C=O) groups is 1. The van der Waals surface area contributed by atoms with Gasteiger partial charge in [0.05, 0.1) is 16.1 Å². The molecule has 1 amide bonds. The third kappa shape index (κ3) is 3.17. The average Bonchev–Trinajstić information content (AvgIpc) is 3.05. The molecule has 124 valence electrons. The number of thiazole rings is 1. The summed E-state index contributed by atoms with van der Waals surface area (Å²) in [5.74, 6) is -0.535. The number of H-pyrrole nitrogens is 1. The maximum atomic E-state index is 13.8. The van der Waals surface area contributed by atoms with E-state index in [1.54, 1.807) is 18.5 Å². The lowest BCUT2D eigenvalue weighted by Gasteiger charge is -2.03. The molecule has 0 unspecified atom stereocenters. The molecule has 0 aliphatic rings. The molecule has 2 N–H and O–H groups in total. The summed E-state index contributed by atoms with van der Waals surface area (Å²) >= 11 is 9.57. The van der Waals surface area contributed by atoms with Gasteiger partial charge in [-0.15, -0.1) is 0 Å². The van der Waals surface area contributed by atoms with Crippen molar-refractivity contribution in [3.8, 4) is 10.7 Å². The molecule has 6 nitrogen and oxygen atoms in total. The Kier molecular flexibility index (Phi) is 4.61. The molecule has 0 fully saturated rings. The van der Waals surface area contributed by atoms with E-state index in [4.69, 9.17) is 12.2 Å². The van der Waals surface area contributed by atoms with Gasteiger partial charge in [-0.05, 0) is 37.3 Å². The van der Waals surface area contributed by atoms with Crippen LogP contribution in [0, 0.1) is 17.5 Å². The lowest BCUT2D eigenvalue weighted by molar-refractivity contribution is 0.102. The van der Waals surface area contributed by atoms with Gasteiger partial charge in [-0.2, -0.15) is 5.10 Å². The summed E-state index contributed by atoms with van der Waals surface area (Å²) in [6.07, 6.45) is 0. The van der Waals surface area contributed by atoms with Crippen LogP contribution in [0.5, 0.6) is 0 Å². The standard InChI is InChI=1S/C14H11BrFN5OS2/c1-6-10(11-19-20-14(23)21(11)2)24-13(17-6)18-12(22)8-5-7(15)3-4-9(8)16/h3-5H,1-2H3,(H,20,23)(H,17,18,22). The van der Waals surface area contributed by atoms with Crippen LogP contribution in [0.15, 0.2) is 22.7 Å². The number of aromatic amines is 1. The Balaban J connectivity index is 1.91. The van der Waals surface area contributed by atoms with Crippen molar-refractivity contribution < 1.29 is 9.18 Å². The molecule has 0 saturated heterocycles. The fourth-order valence-electron chi connectivity index (χ4n) is 2.04. The summed E-state index contributed by atoms with van der Waals surface area (Å²) in [7, 11) is 1.79. The number of anilines is 1. The SMILES string of the molecule is Cc1nc(NC(=O)c2cc(Br)ccc2F)sc1-c1n[nH]c(=S)n1C. The second-order valence-corrected chi connectivity index (χ2v) is 7.22. The van der Waals surface area contributed by atoms with E-state index in [9.17, 15) is 9.18 Å². The van der Waals surface area contributed by atoms with Gasteiger partial charge in [0.25, 0.3) is 5.91 Å². The first kappa shape index (κ1) is 16.9. The van der Waals surface area contributed by atoms with Crippen molar-refractivity contribution in [2.45, 2.75) is 6.92 Å². The van der Waals surface area contributed by atoms with Crippen LogP contribution in [-0.4, -0.2) is 25.7 Å². The molecular formula is C14H11BrFN5OS2. The van der Waals surface area contributed by atoms with Gasteiger partial charge in [0.1, 0.15) is 5.82 Å². The van der Waals surface area contributed by atoms with E-state index in [1.807, 2.05) is 0 Å². The second kappa shape index (κ2) is 6.54. The summed E-state index contributed by atoms with van der Waals surface area (Å²) < 4.78 is 16.6. The molecule has 0 bridgehead atoms. The van der Waals surface area contributed by atoms with Crippen molar-refractivity contribution >= 4 is 50.5 Å². The largest absolute Gasteiger partial charge is 0.303 e. The van der Waals surface area contributed by atoms with Crippen molar-refractivity contribution in [1.29, 1.82) is 0 Å². The van der Waals surface area contributed by atoms with Crippen LogP contribution in [0.3, 0.4) is 0 Å². The number of halogens is 2. The first-order chi connectivity index (χ1) is 11.4. The Labute approximate surface area is 153 Å². The Morgan fingerprint density at radius 3 is 2.92 bits per heavy atom. The minimum atomic E-state index is -0.598. The minimum absolute atomic E-state index is 0.0584. The van der Waals surface area contributed by atoms with Crippen molar-refractivity contribution in [3.05, 3.63) is 44.5 Å². The number of carbonyl (C=O) groups excluding carboxylic acids is 1. The first-order valence-corrected chi connectivity index (χ1v) is 8.74. The van der Waals surface area contributed by atoms with Gasteiger partial charge < -0.3 is 4.57 Å². The number of aromatic nitrogens is 4. The number of aryl methyl sites for hydroxylation is 1. The monoisotopic (exact) mass is 427 g/mol. The van der Waals surface area contributed by atoms with E-state index in [1.165, 1.54) is 29.5 Å². The molecular weight excluding hydrogens is 417 g/mol. The smallest absolute Gasteiger partial charge is 0.260 e. The number of hydrogen-bond acceptors (Lipinski definition) is 5. The van der Waals surface area contributed by atoms with Crippen molar-refractivity contribution in [1.82, 2.24) is 19.7 Å². The van der Waals surface area contributed by atoms with E-state index < -0.39 is 11.7 Å². The van der Waals surface area contributed by atoms with Gasteiger partial charge in [-0.25, -0.2) is 9.37 Å². The van der Waals surface area contributed by atoms with Crippen LogP contribution in [0.4, 0.5) is 9.52 Å². The molecule has 3 rings (SSSR count). The number of nitrogens with one attached hydrogen (secondary N) is 2. The maximum Gasteiger partial charge on any atom is 0.260 e. The Bertz CT molecular complexity index is 993. The van der Waals surface area contributed by atoms with E-state index in [0.717, 1.165) is 4.88 Å². The summed E-state index contributed by atoms with van der Waals surface area (Å²) in [6.45, 7) is 1.80. The van der Waals surface area contributed by atoms with Crippen molar-refractivity contribution in [2.75, 3.05) is 5.32 Å². The highest BCUT2D eigenvalue weighted by Gasteiger charge is 2.18. The van der Waals surface area contributed by atoms with E-state index in [0.29, 0.717) is 25.9 Å². The molecule has 3 aromatic rings. The maximum absolute atomic E-state index is 13.8. The van der Waals surface area contributed by atoms with E-state index >= 15 is 0 Å². The lowest BCUT2D eigenvalue weighted by Crippen LogP contribution is -2.13.